The molecular formula is C13H17Cl3N2OS. The Morgan fingerprint density at radius 3 is 2.60 bits per heavy atom. The predicted molar refractivity (Wildman–Crippen MR) is 85.8 cm³/mol. The first kappa shape index (κ1) is 16.4. The Kier molecular flexibility index (Phi) is 5.60. The van der Waals surface area contributed by atoms with Crippen molar-refractivity contribution < 1.29 is 4.79 Å². The van der Waals surface area contributed by atoms with Gasteiger partial charge in [0.25, 0.3) is 5.91 Å². The molecule has 1 aliphatic heterocycles. The van der Waals surface area contributed by atoms with E-state index < -0.39 is 9.96 Å². The molecule has 1 atom stereocenters. The number of nitrogens with zero attached hydrogens (tertiary/aromatic N) is 1. The van der Waals surface area contributed by atoms with E-state index in [1.807, 2.05) is 16.3 Å². The van der Waals surface area contributed by atoms with Gasteiger partial charge in [-0.25, -0.2) is 0 Å². The van der Waals surface area contributed by atoms with Crippen LogP contribution in [0.2, 0.25) is 0 Å². The van der Waals surface area contributed by atoms with E-state index in [-0.39, 0.29) is 5.91 Å². The van der Waals surface area contributed by atoms with E-state index in [1.165, 1.54) is 11.3 Å². The minimum atomic E-state index is -1.55. The molecule has 7 heteroatoms. The summed E-state index contributed by atoms with van der Waals surface area (Å²) in [7, 11) is 0. The molecule has 1 aromatic rings. The number of carbonyl (C=O) groups excluding carboxylic acids is 1. The summed E-state index contributed by atoms with van der Waals surface area (Å²) in [5.41, 5.74) is 0. The van der Waals surface area contributed by atoms with E-state index >= 15 is 0 Å². The third-order valence-electron chi connectivity index (χ3n) is 3.51. The highest BCUT2D eigenvalue weighted by Gasteiger charge is 2.39. The number of alkyl halides is 3. The molecule has 1 aromatic heterocycles. The third kappa shape index (κ3) is 4.25. The van der Waals surface area contributed by atoms with Crippen LogP contribution in [-0.2, 0) is 0 Å². The first-order chi connectivity index (χ1) is 9.38. The molecule has 0 spiro atoms. The number of thiophene rings is 1. The van der Waals surface area contributed by atoms with Crippen molar-refractivity contribution in [2.24, 2.45) is 5.92 Å². The lowest BCUT2D eigenvalue weighted by Gasteiger charge is -2.39. The molecule has 1 fully saturated rings. The number of piperidine rings is 1. The predicted octanol–water partition coefficient (Wildman–Crippen LogP) is 3.91. The molecule has 1 N–H and O–H groups in total. The average Bonchev–Trinajstić information content (AvgIpc) is 2.89. The lowest BCUT2D eigenvalue weighted by molar-refractivity contribution is 0.0788. The van der Waals surface area contributed by atoms with Gasteiger partial charge in [-0.05, 0) is 30.2 Å². The maximum atomic E-state index is 12.2. The Morgan fingerprint density at radius 1 is 1.45 bits per heavy atom. The zero-order valence-electron chi connectivity index (χ0n) is 11.1. The van der Waals surface area contributed by atoms with E-state index in [1.54, 1.807) is 6.07 Å². The van der Waals surface area contributed by atoms with Gasteiger partial charge in [-0.1, -0.05) is 47.8 Å². The van der Waals surface area contributed by atoms with Gasteiger partial charge in [0, 0.05) is 13.1 Å². The molecule has 0 aliphatic carbocycles. The fraction of sp³-hybridized carbons (Fsp3) is 0.615. The van der Waals surface area contributed by atoms with Gasteiger partial charge >= 0.3 is 0 Å². The number of hydrogen-bond donors (Lipinski definition) is 1. The summed E-state index contributed by atoms with van der Waals surface area (Å²) in [6, 6.07) is 3.58. The highest BCUT2D eigenvalue weighted by molar-refractivity contribution is 7.12. The van der Waals surface area contributed by atoms with Crippen LogP contribution in [0.5, 0.6) is 0 Å². The molecule has 0 aromatic carbocycles. The standard InChI is InChI=1S/C13H17Cl3N2OS/c1-9-4-6-18(7-5-9)12(13(14,15)16)17-11(19)10-3-2-8-20-10/h2-3,8-9,12H,4-7H2,1H3,(H,17,19)/t12-/m0/s1. The van der Waals surface area contributed by atoms with Crippen molar-refractivity contribution >= 4 is 52.0 Å². The summed E-state index contributed by atoms with van der Waals surface area (Å²) in [5, 5.41) is 4.69. The van der Waals surface area contributed by atoms with Crippen molar-refractivity contribution in [1.29, 1.82) is 0 Å². The number of carbonyl (C=O) groups is 1. The fourth-order valence-corrected chi connectivity index (χ4v) is 3.47. The highest BCUT2D eigenvalue weighted by atomic mass is 35.6. The SMILES string of the molecule is CC1CCN([C@H](NC(=O)c2cccs2)C(Cl)(Cl)Cl)CC1. The molecule has 1 aliphatic rings. The monoisotopic (exact) mass is 354 g/mol. The number of hydrogen-bond acceptors (Lipinski definition) is 3. The Bertz CT molecular complexity index is 439. The van der Waals surface area contributed by atoms with Crippen LogP contribution in [0.1, 0.15) is 29.4 Å². The van der Waals surface area contributed by atoms with Crippen molar-refractivity contribution in [2.75, 3.05) is 13.1 Å². The van der Waals surface area contributed by atoms with Gasteiger partial charge in [-0.3, -0.25) is 9.69 Å². The van der Waals surface area contributed by atoms with Gasteiger partial charge < -0.3 is 5.32 Å². The first-order valence-corrected chi connectivity index (χ1v) is 8.54. The molecule has 20 heavy (non-hydrogen) atoms. The van der Waals surface area contributed by atoms with Crippen LogP contribution in [0, 0.1) is 5.92 Å². The molecule has 0 radical (unpaired) electrons. The van der Waals surface area contributed by atoms with Crippen LogP contribution >= 0.6 is 46.1 Å². The Labute approximate surface area is 138 Å². The van der Waals surface area contributed by atoms with Gasteiger partial charge in [0.2, 0.25) is 3.79 Å². The van der Waals surface area contributed by atoms with Gasteiger partial charge in [0.15, 0.2) is 0 Å². The van der Waals surface area contributed by atoms with Crippen molar-refractivity contribution in [3.05, 3.63) is 22.4 Å². The van der Waals surface area contributed by atoms with Crippen molar-refractivity contribution in [1.82, 2.24) is 10.2 Å². The van der Waals surface area contributed by atoms with Gasteiger partial charge in [0.1, 0.15) is 6.17 Å². The summed E-state index contributed by atoms with van der Waals surface area (Å²) in [4.78, 5) is 14.8. The Balaban J connectivity index is 2.06. The summed E-state index contributed by atoms with van der Waals surface area (Å²) < 4.78 is -1.55. The third-order valence-corrected chi connectivity index (χ3v) is 4.99. The Hall–Kier alpha value is -0.000000000000000111. The molecule has 0 unspecified atom stereocenters. The van der Waals surface area contributed by atoms with Crippen LogP contribution in [0.15, 0.2) is 17.5 Å². The van der Waals surface area contributed by atoms with Crippen LogP contribution in [0.4, 0.5) is 0 Å². The number of likely N-dealkylation sites (tertiary alicyclic amines) is 1. The zero-order valence-corrected chi connectivity index (χ0v) is 14.2. The van der Waals surface area contributed by atoms with Crippen LogP contribution < -0.4 is 5.32 Å². The number of nitrogens with one attached hydrogen (secondary N) is 1. The van der Waals surface area contributed by atoms with E-state index in [2.05, 4.69) is 12.2 Å². The van der Waals surface area contributed by atoms with Gasteiger partial charge in [0.05, 0.1) is 4.88 Å². The largest absolute Gasteiger partial charge is 0.332 e. The Morgan fingerprint density at radius 2 is 2.10 bits per heavy atom. The number of halogens is 3. The van der Waals surface area contributed by atoms with Crippen molar-refractivity contribution in [3.63, 3.8) is 0 Å². The molecular weight excluding hydrogens is 339 g/mol. The maximum absolute atomic E-state index is 12.2. The highest BCUT2D eigenvalue weighted by Crippen LogP contribution is 2.34. The fourth-order valence-electron chi connectivity index (χ4n) is 2.27. The topological polar surface area (TPSA) is 32.3 Å². The summed E-state index contributed by atoms with van der Waals surface area (Å²) in [6.45, 7) is 3.86. The van der Waals surface area contributed by atoms with E-state index in [9.17, 15) is 4.79 Å². The maximum Gasteiger partial charge on any atom is 0.262 e. The summed E-state index contributed by atoms with van der Waals surface area (Å²) in [5.74, 6) is 0.477. The van der Waals surface area contributed by atoms with Gasteiger partial charge in [-0.2, -0.15) is 0 Å². The second-order valence-electron chi connectivity index (χ2n) is 5.11. The summed E-state index contributed by atoms with van der Waals surface area (Å²) in [6.07, 6.45) is 1.49. The minimum Gasteiger partial charge on any atom is -0.332 e. The number of amides is 1. The lowest BCUT2D eigenvalue weighted by atomic mass is 9.99. The summed E-state index contributed by atoms with van der Waals surface area (Å²) >= 11 is 19.5. The molecule has 112 valence electrons. The van der Waals surface area contributed by atoms with E-state index in [4.69, 9.17) is 34.8 Å². The molecule has 2 heterocycles. The lowest BCUT2D eigenvalue weighted by Crippen LogP contribution is -2.57. The zero-order chi connectivity index (χ0) is 14.8. The molecule has 0 bridgehead atoms. The molecule has 1 amide bonds. The normalized spacial score (nSPS) is 19.8. The van der Waals surface area contributed by atoms with Crippen LogP contribution in [-0.4, -0.2) is 33.9 Å². The average molecular weight is 356 g/mol. The molecule has 2 rings (SSSR count). The molecule has 0 saturated carbocycles. The number of rotatable bonds is 3. The minimum absolute atomic E-state index is 0.199. The van der Waals surface area contributed by atoms with E-state index in [0.717, 1.165) is 25.9 Å². The first-order valence-electron chi connectivity index (χ1n) is 6.53. The van der Waals surface area contributed by atoms with E-state index in [0.29, 0.717) is 10.8 Å². The van der Waals surface area contributed by atoms with Crippen LogP contribution in [0.25, 0.3) is 0 Å². The smallest absolute Gasteiger partial charge is 0.262 e. The van der Waals surface area contributed by atoms with Crippen LogP contribution in [0.3, 0.4) is 0 Å². The van der Waals surface area contributed by atoms with Gasteiger partial charge in [-0.15, -0.1) is 11.3 Å². The molecule has 1 saturated heterocycles. The second-order valence-corrected chi connectivity index (χ2v) is 8.43. The van der Waals surface area contributed by atoms with Crippen molar-refractivity contribution in [3.8, 4) is 0 Å². The second kappa shape index (κ2) is 6.84. The quantitative estimate of drug-likeness (QED) is 0.834. The molecule has 3 nitrogen and oxygen atoms in total. The van der Waals surface area contributed by atoms with Crippen molar-refractivity contribution in [2.45, 2.75) is 29.7 Å².